The fourth-order valence-corrected chi connectivity index (χ4v) is 4.31. The van der Waals surface area contributed by atoms with E-state index in [1.807, 2.05) is 24.7 Å². The van der Waals surface area contributed by atoms with Crippen molar-refractivity contribution in [1.29, 1.82) is 0 Å². The first-order valence-corrected chi connectivity index (χ1v) is 9.40. The van der Waals surface area contributed by atoms with Gasteiger partial charge < -0.3 is 10.2 Å². The Kier molecular flexibility index (Phi) is 5.33. The van der Waals surface area contributed by atoms with Crippen LogP contribution in [-0.4, -0.2) is 46.8 Å². The van der Waals surface area contributed by atoms with Crippen LogP contribution in [0.5, 0.6) is 0 Å². The number of carbonyl (C=O) groups is 1. The molecule has 0 atom stereocenters. The van der Waals surface area contributed by atoms with E-state index in [2.05, 4.69) is 15.3 Å². The average molecular weight is 334 g/mol. The predicted octanol–water partition coefficient (Wildman–Crippen LogP) is 2.94. The number of thiophene rings is 1. The first-order valence-electron chi connectivity index (χ1n) is 8.59. The molecule has 0 unspecified atom stereocenters. The summed E-state index contributed by atoms with van der Waals surface area (Å²) in [6, 6.07) is 1.96. The smallest absolute Gasteiger partial charge is 0.261 e. The maximum atomic E-state index is 12.3. The minimum Gasteiger partial charge on any atom is -0.351 e. The van der Waals surface area contributed by atoms with Gasteiger partial charge in [0.2, 0.25) is 0 Å². The van der Waals surface area contributed by atoms with Crippen molar-refractivity contribution in [1.82, 2.24) is 20.0 Å². The number of aryl methyl sites for hydroxylation is 2. The summed E-state index contributed by atoms with van der Waals surface area (Å²) < 4.78 is 1.85. The van der Waals surface area contributed by atoms with Gasteiger partial charge in [-0.3, -0.25) is 9.48 Å². The third-order valence-electron chi connectivity index (χ3n) is 4.56. The molecule has 6 heteroatoms. The van der Waals surface area contributed by atoms with Crippen molar-refractivity contribution in [3.05, 3.63) is 16.6 Å². The fraction of sp³-hybridized carbons (Fsp3) is 0.647. The molecule has 1 saturated heterocycles. The van der Waals surface area contributed by atoms with Crippen molar-refractivity contribution < 1.29 is 4.79 Å². The summed E-state index contributed by atoms with van der Waals surface area (Å²) in [5.41, 5.74) is 0.985. The maximum Gasteiger partial charge on any atom is 0.261 e. The van der Waals surface area contributed by atoms with Crippen LogP contribution in [0.2, 0.25) is 0 Å². The van der Waals surface area contributed by atoms with Gasteiger partial charge >= 0.3 is 0 Å². The number of nitrogens with one attached hydrogen (secondary N) is 1. The maximum absolute atomic E-state index is 12.3. The fourth-order valence-electron chi connectivity index (χ4n) is 3.27. The molecular formula is C17H26N4OS. The van der Waals surface area contributed by atoms with Gasteiger partial charge in [0, 0.05) is 19.0 Å². The third-order valence-corrected chi connectivity index (χ3v) is 5.76. The highest BCUT2D eigenvalue weighted by molar-refractivity contribution is 7.20. The summed E-state index contributed by atoms with van der Waals surface area (Å²) in [7, 11) is 1.93. The predicted molar refractivity (Wildman–Crippen MR) is 95.2 cm³/mol. The number of likely N-dealkylation sites (tertiary alicyclic amines) is 1. The number of carbonyl (C=O) groups excluding carboxylic acids is 1. The highest BCUT2D eigenvalue weighted by Crippen LogP contribution is 2.27. The van der Waals surface area contributed by atoms with Gasteiger partial charge in [0.1, 0.15) is 4.83 Å². The molecule has 1 N–H and O–H groups in total. The van der Waals surface area contributed by atoms with E-state index >= 15 is 0 Å². The highest BCUT2D eigenvalue weighted by atomic mass is 32.1. The standard InChI is InChI=1S/C17H26N4OS/c1-13-14-12-15(23-17(14)20(2)19-13)16(22)18-8-7-11-21-9-5-3-4-6-10-21/h12H,3-11H2,1-2H3,(H,18,22). The zero-order valence-corrected chi connectivity index (χ0v) is 14.9. The highest BCUT2D eigenvalue weighted by Gasteiger charge is 2.15. The number of hydrogen-bond acceptors (Lipinski definition) is 4. The average Bonchev–Trinajstić information content (AvgIpc) is 2.96. The Morgan fingerprint density at radius 1 is 1.30 bits per heavy atom. The summed E-state index contributed by atoms with van der Waals surface area (Å²) in [4.78, 5) is 16.7. The van der Waals surface area contributed by atoms with Crippen LogP contribution in [0.4, 0.5) is 0 Å². The zero-order chi connectivity index (χ0) is 16.2. The van der Waals surface area contributed by atoms with Crippen LogP contribution >= 0.6 is 11.3 Å². The number of amides is 1. The minimum absolute atomic E-state index is 0.0430. The molecule has 1 aliphatic rings. The SMILES string of the molecule is Cc1nn(C)c2sc(C(=O)NCCCN3CCCCCC3)cc12. The molecule has 5 nitrogen and oxygen atoms in total. The second-order valence-corrected chi connectivity index (χ2v) is 7.43. The molecule has 1 amide bonds. The third kappa shape index (κ3) is 3.93. The number of hydrogen-bond donors (Lipinski definition) is 1. The minimum atomic E-state index is 0.0430. The summed E-state index contributed by atoms with van der Waals surface area (Å²) in [6.45, 7) is 6.27. The first-order chi connectivity index (χ1) is 11.1. The van der Waals surface area contributed by atoms with Crippen molar-refractivity contribution in [3.63, 3.8) is 0 Å². The van der Waals surface area contributed by atoms with Crippen LogP contribution in [0.25, 0.3) is 10.2 Å². The van der Waals surface area contributed by atoms with Crippen LogP contribution in [0.3, 0.4) is 0 Å². The van der Waals surface area contributed by atoms with Gasteiger partial charge in [-0.15, -0.1) is 11.3 Å². The van der Waals surface area contributed by atoms with Crippen LogP contribution < -0.4 is 5.32 Å². The lowest BCUT2D eigenvalue weighted by molar-refractivity contribution is 0.0956. The van der Waals surface area contributed by atoms with Gasteiger partial charge in [0.15, 0.2) is 0 Å². The molecule has 23 heavy (non-hydrogen) atoms. The lowest BCUT2D eigenvalue weighted by Gasteiger charge is -2.19. The molecule has 0 bridgehead atoms. The van der Waals surface area contributed by atoms with Crippen LogP contribution in [0, 0.1) is 6.92 Å². The molecule has 126 valence electrons. The Labute approximate surface area is 141 Å². The second kappa shape index (κ2) is 7.45. The van der Waals surface area contributed by atoms with Gasteiger partial charge in [-0.25, -0.2) is 0 Å². The Morgan fingerprint density at radius 2 is 2.04 bits per heavy atom. The Morgan fingerprint density at radius 3 is 2.74 bits per heavy atom. The monoisotopic (exact) mass is 334 g/mol. The normalized spacial score (nSPS) is 16.6. The van der Waals surface area contributed by atoms with E-state index in [9.17, 15) is 4.79 Å². The molecule has 3 rings (SSSR count). The topological polar surface area (TPSA) is 50.2 Å². The number of fused-ring (bicyclic) bond motifs is 1. The van der Waals surface area contributed by atoms with Crippen molar-refractivity contribution >= 4 is 27.5 Å². The lowest BCUT2D eigenvalue weighted by Crippen LogP contribution is -2.30. The molecular weight excluding hydrogens is 308 g/mol. The van der Waals surface area contributed by atoms with Crippen molar-refractivity contribution in [2.45, 2.75) is 39.0 Å². The summed E-state index contributed by atoms with van der Waals surface area (Å²) >= 11 is 1.52. The molecule has 1 fully saturated rings. The van der Waals surface area contributed by atoms with E-state index < -0.39 is 0 Å². The van der Waals surface area contributed by atoms with Crippen LogP contribution in [0.1, 0.15) is 47.5 Å². The van der Waals surface area contributed by atoms with E-state index in [-0.39, 0.29) is 5.91 Å². The summed E-state index contributed by atoms with van der Waals surface area (Å²) in [6.07, 6.45) is 6.40. The number of rotatable bonds is 5. The van der Waals surface area contributed by atoms with Crippen LogP contribution in [-0.2, 0) is 7.05 Å². The summed E-state index contributed by atoms with van der Waals surface area (Å²) in [5, 5.41) is 8.52. The Balaban J connectivity index is 1.47. The van der Waals surface area contributed by atoms with E-state index in [4.69, 9.17) is 0 Å². The molecule has 0 saturated carbocycles. The largest absolute Gasteiger partial charge is 0.351 e. The van der Waals surface area contributed by atoms with E-state index in [0.717, 1.165) is 40.3 Å². The van der Waals surface area contributed by atoms with Gasteiger partial charge in [-0.1, -0.05) is 12.8 Å². The van der Waals surface area contributed by atoms with E-state index in [1.54, 1.807) is 0 Å². The Hall–Kier alpha value is -1.40. The van der Waals surface area contributed by atoms with Gasteiger partial charge in [0.05, 0.1) is 10.6 Å². The van der Waals surface area contributed by atoms with Gasteiger partial charge in [-0.05, 0) is 51.9 Å². The molecule has 3 heterocycles. The molecule has 1 aliphatic heterocycles. The molecule has 0 radical (unpaired) electrons. The van der Waals surface area contributed by atoms with Crippen LogP contribution in [0.15, 0.2) is 6.07 Å². The van der Waals surface area contributed by atoms with E-state index in [1.165, 1.54) is 50.1 Å². The second-order valence-electron chi connectivity index (χ2n) is 6.40. The molecule has 0 aromatic carbocycles. The van der Waals surface area contributed by atoms with Crippen molar-refractivity contribution in [2.75, 3.05) is 26.2 Å². The Bertz CT molecular complexity index is 633. The van der Waals surface area contributed by atoms with Gasteiger partial charge in [-0.2, -0.15) is 5.10 Å². The number of nitrogens with zero attached hydrogens (tertiary/aromatic N) is 3. The molecule has 0 spiro atoms. The van der Waals surface area contributed by atoms with Gasteiger partial charge in [0.25, 0.3) is 5.91 Å². The van der Waals surface area contributed by atoms with Crippen molar-refractivity contribution in [3.8, 4) is 0 Å². The zero-order valence-electron chi connectivity index (χ0n) is 14.1. The molecule has 2 aromatic rings. The van der Waals surface area contributed by atoms with E-state index in [0.29, 0.717) is 0 Å². The quantitative estimate of drug-likeness (QED) is 0.855. The first kappa shape index (κ1) is 16.5. The summed E-state index contributed by atoms with van der Waals surface area (Å²) in [5.74, 6) is 0.0430. The lowest BCUT2D eigenvalue weighted by atomic mass is 10.2. The molecule has 0 aliphatic carbocycles. The number of aromatic nitrogens is 2. The molecule has 2 aromatic heterocycles. The van der Waals surface area contributed by atoms with Crippen molar-refractivity contribution in [2.24, 2.45) is 7.05 Å².